The zero-order valence-corrected chi connectivity index (χ0v) is 10.2. The third-order valence-electron chi connectivity index (χ3n) is 2.57. The van der Waals surface area contributed by atoms with Crippen molar-refractivity contribution in [3.05, 3.63) is 33.8 Å². The minimum atomic E-state index is 0.116. The summed E-state index contributed by atoms with van der Waals surface area (Å²) in [6.45, 7) is 1.60. The molecule has 0 radical (unpaired) electrons. The molecule has 2 rings (SSSR count). The molecule has 1 aliphatic carbocycles. The van der Waals surface area contributed by atoms with Gasteiger partial charge in [0.1, 0.15) is 5.75 Å². The van der Waals surface area contributed by atoms with Crippen molar-refractivity contribution in [2.45, 2.75) is 13.3 Å². The summed E-state index contributed by atoms with van der Waals surface area (Å²) in [4.78, 5) is 11.4. The molecule has 1 aliphatic rings. The van der Waals surface area contributed by atoms with Gasteiger partial charge in [-0.25, -0.2) is 0 Å². The number of hydrogen-bond acceptors (Lipinski definition) is 2. The summed E-state index contributed by atoms with van der Waals surface area (Å²) in [5, 5.41) is 0. The number of halogens is 1. The van der Waals surface area contributed by atoms with Crippen LogP contribution in [0.25, 0.3) is 5.57 Å². The van der Waals surface area contributed by atoms with Gasteiger partial charge in [0.25, 0.3) is 0 Å². The maximum absolute atomic E-state index is 11.4. The Morgan fingerprint density at radius 3 is 2.80 bits per heavy atom. The van der Waals surface area contributed by atoms with E-state index >= 15 is 0 Å². The van der Waals surface area contributed by atoms with E-state index in [-0.39, 0.29) is 5.78 Å². The van der Waals surface area contributed by atoms with Gasteiger partial charge < -0.3 is 4.74 Å². The zero-order chi connectivity index (χ0) is 11.0. The molecule has 0 heterocycles. The number of ether oxygens (including phenoxy) is 1. The summed E-state index contributed by atoms with van der Waals surface area (Å²) in [5.41, 5.74) is 2.99. The fourth-order valence-electron chi connectivity index (χ4n) is 1.83. The number of benzene rings is 1. The highest BCUT2D eigenvalue weighted by atomic mass is 79.9. The topological polar surface area (TPSA) is 26.3 Å². The van der Waals surface area contributed by atoms with E-state index in [1.807, 2.05) is 18.2 Å². The summed E-state index contributed by atoms with van der Waals surface area (Å²) in [7, 11) is 1.64. The van der Waals surface area contributed by atoms with Gasteiger partial charge in [0.2, 0.25) is 0 Å². The zero-order valence-electron chi connectivity index (χ0n) is 8.63. The molecule has 15 heavy (non-hydrogen) atoms. The number of methoxy groups -OCH3 is 1. The molecule has 0 bridgehead atoms. The van der Waals surface area contributed by atoms with Crippen LogP contribution in [0.15, 0.2) is 22.7 Å². The highest BCUT2D eigenvalue weighted by Crippen LogP contribution is 2.36. The SMILES string of the molecule is COc1cc2c(cc1Br)C(C(C)=O)=CC2. The number of ketones is 1. The maximum atomic E-state index is 11.4. The Labute approximate surface area is 97.1 Å². The van der Waals surface area contributed by atoms with Crippen molar-refractivity contribution >= 4 is 27.3 Å². The molecule has 0 fully saturated rings. The Kier molecular flexibility index (Phi) is 2.65. The van der Waals surface area contributed by atoms with Crippen molar-refractivity contribution in [3.8, 4) is 5.75 Å². The molecule has 1 aromatic carbocycles. The van der Waals surface area contributed by atoms with E-state index in [4.69, 9.17) is 4.74 Å². The minimum absolute atomic E-state index is 0.116. The molecular weight excluding hydrogens is 256 g/mol. The standard InChI is InChI=1S/C12H11BrO2/c1-7(14)9-4-3-8-5-12(15-2)11(13)6-10(8)9/h4-6H,3H2,1-2H3. The van der Waals surface area contributed by atoms with Crippen LogP contribution in [0, 0.1) is 0 Å². The fourth-order valence-corrected chi connectivity index (χ4v) is 2.33. The molecule has 0 aromatic heterocycles. The Morgan fingerprint density at radius 1 is 1.47 bits per heavy atom. The summed E-state index contributed by atoms with van der Waals surface area (Å²) < 4.78 is 6.10. The first-order valence-electron chi connectivity index (χ1n) is 4.71. The monoisotopic (exact) mass is 266 g/mol. The van der Waals surface area contributed by atoms with E-state index in [0.717, 1.165) is 33.3 Å². The lowest BCUT2D eigenvalue weighted by Gasteiger charge is -2.08. The largest absolute Gasteiger partial charge is 0.496 e. The molecule has 0 saturated carbocycles. The molecule has 0 N–H and O–H groups in total. The van der Waals surface area contributed by atoms with Gasteiger partial charge in [-0.05, 0) is 52.5 Å². The predicted octanol–water partition coefficient (Wildman–Crippen LogP) is 2.99. The average molecular weight is 267 g/mol. The van der Waals surface area contributed by atoms with Gasteiger partial charge in [-0.2, -0.15) is 0 Å². The first-order chi connectivity index (χ1) is 7.13. The van der Waals surface area contributed by atoms with Crippen LogP contribution in [0.5, 0.6) is 5.75 Å². The van der Waals surface area contributed by atoms with Gasteiger partial charge in [-0.1, -0.05) is 6.08 Å². The minimum Gasteiger partial charge on any atom is -0.496 e. The van der Waals surface area contributed by atoms with E-state index in [2.05, 4.69) is 15.9 Å². The number of fused-ring (bicyclic) bond motifs is 1. The van der Waals surface area contributed by atoms with E-state index in [1.54, 1.807) is 14.0 Å². The number of rotatable bonds is 2. The molecule has 0 atom stereocenters. The summed E-state index contributed by atoms with van der Waals surface area (Å²) in [6.07, 6.45) is 2.78. The van der Waals surface area contributed by atoms with Gasteiger partial charge >= 0.3 is 0 Å². The molecular formula is C12H11BrO2. The molecule has 0 aliphatic heterocycles. The average Bonchev–Trinajstić information content (AvgIpc) is 2.59. The summed E-state index contributed by atoms with van der Waals surface area (Å²) >= 11 is 3.42. The Morgan fingerprint density at radius 2 is 2.20 bits per heavy atom. The second-order valence-electron chi connectivity index (χ2n) is 3.52. The second kappa shape index (κ2) is 3.81. The van der Waals surface area contributed by atoms with Crippen LogP contribution in [0.4, 0.5) is 0 Å². The molecule has 0 saturated heterocycles. The lowest BCUT2D eigenvalue weighted by molar-refractivity contribution is -0.111. The second-order valence-corrected chi connectivity index (χ2v) is 4.38. The van der Waals surface area contributed by atoms with Gasteiger partial charge in [0.05, 0.1) is 11.6 Å². The number of allylic oxidation sites excluding steroid dienone is 2. The molecule has 0 unspecified atom stereocenters. The van der Waals surface area contributed by atoms with Crippen LogP contribution >= 0.6 is 15.9 Å². The van der Waals surface area contributed by atoms with Crippen molar-refractivity contribution in [1.82, 2.24) is 0 Å². The lowest BCUT2D eigenvalue weighted by Crippen LogP contribution is -1.95. The summed E-state index contributed by atoms with van der Waals surface area (Å²) in [5.74, 6) is 0.928. The van der Waals surface area contributed by atoms with Gasteiger partial charge in [-0.3, -0.25) is 4.79 Å². The molecule has 2 nitrogen and oxygen atoms in total. The van der Waals surface area contributed by atoms with Crippen LogP contribution in [0.1, 0.15) is 18.1 Å². The van der Waals surface area contributed by atoms with E-state index in [0.29, 0.717) is 0 Å². The third-order valence-corrected chi connectivity index (χ3v) is 3.19. The van der Waals surface area contributed by atoms with Crippen LogP contribution in [0.2, 0.25) is 0 Å². The quantitative estimate of drug-likeness (QED) is 0.823. The van der Waals surface area contributed by atoms with Crippen LogP contribution in [0.3, 0.4) is 0 Å². The normalized spacial score (nSPS) is 13.4. The van der Waals surface area contributed by atoms with Crippen LogP contribution in [-0.2, 0) is 11.2 Å². The molecule has 78 valence electrons. The van der Waals surface area contributed by atoms with Gasteiger partial charge in [0.15, 0.2) is 5.78 Å². The Bertz CT molecular complexity index is 461. The number of Topliss-reactive ketones (excluding diaryl/α,β-unsaturated/α-hetero) is 1. The maximum Gasteiger partial charge on any atom is 0.160 e. The first-order valence-corrected chi connectivity index (χ1v) is 5.50. The fraction of sp³-hybridized carbons (Fsp3) is 0.250. The van der Waals surface area contributed by atoms with Gasteiger partial charge in [0, 0.05) is 5.57 Å². The Hall–Kier alpha value is -1.09. The van der Waals surface area contributed by atoms with Crippen molar-refractivity contribution in [3.63, 3.8) is 0 Å². The van der Waals surface area contributed by atoms with E-state index in [9.17, 15) is 4.79 Å². The summed E-state index contributed by atoms with van der Waals surface area (Å²) in [6, 6.07) is 3.93. The van der Waals surface area contributed by atoms with Crippen molar-refractivity contribution in [1.29, 1.82) is 0 Å². The molecule has 1 aromatic rings. The van der Waals surface area contributed by atoms with Crippen LogP contribution < -0.4 is 4.74 Å². The van der Waals surface area contributed by atoms with E-state index < -0.39 is 0 Å². The van der Waals surface area contributed by atoms with Gasteiger partial charge in [-0.15, -0.1) is 0 Å². The number of hydrogen-bond donors (Lipinski definition) is 0. The predicted molar refractivity (Wildman–Crippen MR) is 63.1 cm³/mol. The molecule has 0 amide bonds. The lowest BCUT2D eigenvalue weighted by atomic mass is 10.0. The molecule has 3 heteroatoms. The van der Waals surface area contributed by atoms with E-state index in [1.165, 1.54) is 0 Å². The number of carbonyl (C=O) groups is 1. The van der Waals surface area contributed by atoms with Crippen LogP contribution in [-0.4, -0.2) is 12.9 Å². The third kappa shape index (κ3) is 1.72. The van der Waals surface area contributed by atoms with Crippen molar-refractivity contribution < 1.29 is 9.53 Å². The molecule has 0 spiro atoms. The Balaban J connectivity index is 2.52. The number of carbonyl (C=O) groups excluding carboxylic acids is 1. The first kappa shape index (κ1) is 10.4. The highest BCUT2D eigenvalue weighted by Gasteiger charge is 2.19. The van der Waals surface area contributed by atoms with Crippen molar-refractivity contribution in [2.75, 3.05) is 7.11 Å². The smallest absolute Gasteiger partial charge is 0.160 e. The highest BCUT2D eigenvalue weighted by molar-refractivity contribution is 9.10. The van der Waals surface area contributed by atoms with Crippen molar-refractivity contribution in [2.24, 2.45) is 0 Å².